The highest BCUT2D eigenvalue weighted by molar-refractivity contribution is 7.14. The molecule has 1 aliphatic carbocycles. The summed E-state index contributed by atoms with van der Waals surface area (Å²) in [5.74, 6) is 1.65. The van der Waals surface area contributed by atoms with Gasteiger partial charge in [0, 0.05) is 17.2 Å². The minimum Gasteiger partial charge on any atom is -0.324 e. The lowest BCUT2D eigenvalue weighted by Gasteiger charge is -2.05. The Morgan fingerprint density at radius 1 is 1.26 bits per heavy atom. The molecule has 2 heterocycles. The number of aryl methyl sites for hydroxylation is 1. The average molecular weight is 382 g/mol. The van der Waals surface area contributed by atoms with Crippen LogP contribution in [0.1, 0.15) is 57.8 Å². The number of nitrogens with two attached hydrogens (primary N) is 1. The van der Waals surface area contributed by atoms with Crippen LogP contribution in [0.5, 0.6) is 0 Å². The standard InChI is InChI=1S/C19H22N6OS/c1-11-16(27-19(21-11)13-4-2-3-5-13)18(26)22-14-8-6-12(7-9-14)17-23-15(10-20)24-25-17/h6-9,13H,2-5,10,20H2,1H3,(H,22,26)(H,23,24,25). The third kappa shape index (κ3) is 3.77. The number of thiazole rings is 1. The van der Waals surface area contributed by atoms with Crippen LogP contribution in [0.3, 0.4) is 0 Å². The molecule has 0 atom stereocenters. The van der Waals surface area contributed by atoms with Gasteiger partial charge in [0.1, 0.15) is 10.7 Å². The molecule has 3 aromatic rings. The molecule has 4 N–H and O–H groups in total. The fraction of sp³-hybridized carbons (Fsp3) is 0.368. The van der Waals surface area contributed by atoms with Gasteiger partial charge in [0.25, 0.3) is 5.91 Å². The second-order valence-electron chi connectivity index (χ2n) is 6.79. The molecule has 1 amide bonds. The smallest absolute Gasteiger partial charge is 0.267 e. The van der Waals surface area contributed by atoms with Gasteiger partial charge in [-0.15, -0.1) is 11.3 Å². The number of rotatable bonds is 5. The van der Waals surface area contributed by atoms with E-state index in [1.807, 2.05) is 31.2 Å². The number of hydrogen-bond acceptors (Lipinski definition) is 6. The van der Waals surface area contributed by atoms with E-state index >= 15 is 0 Å². The maximum absolute atomic E-state index is 12.7. The van der Waals surface area contributed by atoms with Gasteiger partial charge in [-0.05, 0) is 44.0 Å². The van der Waals surface area contributed by atoms with Crippen molar-refractivity contribution in [2.75, 3.05) is 5.32 Å². The molecule has 0 aliphatic heterocycles. The first-order valence-electron chi connectivity index (χ1n) is 9.14. The average Bonchev–Trinajstić information content (AvgIpc) is 3.42. The van der Waals surface area contributed by atoms with Crippen molar-refractivity contribution in [2.45, 2.75) is 45.1 Å². The number of carbonyl (C=O) groups is 1. The zero-order chi connectivity index (χ0) is 18.8. The molecule has 0 radical (unpaired) electrons. The first-order valence-corrected chi connectivity index (χ1v) is 9.96. The van der Waals surface area contributed by atoms with E-state index in [9.17, 15) is 4.79 Å². The Bertz CT molecular complexity index is 940. The number of nitrogens with one attached hydrogen (secondary N) is 2. The number of aromatic amines is 1. The van der Waals surface area contributed by atoms with Crippen molar-refractivity contribution in [3.63, 3.8) is 0 Å². The number of hydrogen-bond donors (Lipinski definition) is 3. The van der Waals surface area contributed by atoms with Gasteiger partial charge in [-0.1, -0.05) is 12.8 Å². The van der Waals surface area contributed by atoms with E-state index in [1.165, 1.54) is 37.0 Å². The number of amides is 1. The Morgan fingerprint density at radius 2 is 2.00 bits per heavy atom. The molecule has 2 aromatic heterocycles. The van der Waals surface area contributed by atoms with Gasteiger partial charge in [-0.3, -0.25) is 9.89 Å². The Labute approximate surface area is 161 Å². The zero-order valence-corrected chi connectivity index (χ0v) is 16.0. The number of benzene rings is 1. The third-order valence-electron chi connectivity index (χ3n) is 4.85. The van der Waals surface area contributed by atoms with E-state index in [1.54, 1.807) is 0 Å². The van der Waals surface area contributed by atoms with Crippen LogP contribution in [-0.2, 0) is 6.54 Å². The maximum Gasteiger partial charge on any atom is 0.267 e. The highest BCUT2D eigenvalue weighted by Crippen LogP contribution is 2.37. The van der Waals surface area contributed by atoms with Gasteiger partial charge in [0.05, 0.1) is 17.2 Å². The molecule has 140 valence electrons. The van der Waals surface area contributed by atoms with Crippen molar-refractivity contribution < 1.29 is 4.79 Å². The molecule has 0 saturated heterocycles. The van der Waals surface area contributed by atoms with Crippen LogP contribution in [0.25, 0.3) is 11.4 Å². The largest absolute Gasteiger partial charge is 0.324 e. The van der Waals surface area contributed by atoms with Crippen LogP contribution in [0.2, 0.25) is 0 Å². The number of H-pyrrole nitrogens is 1. The summed E-state index contributed by atoms with van der Waals surface area (Å²) >= 11 is 1.53. The monoisotopic (exact) mass is 382 g/mol. The van der Waals surface area contributed by atoms with Crippen molar-refractivity contribution in [3.8, 4) is 11.4 Å². The Morgan fingerprint density at radius 3 is 2.67 bits per heavy atom. The minimum absolute atomic E-state index is 0.106. The summed E-state index contributed by atoms with van der Waals surface area (Å²) in [6, 6.07) is 7.45. The summed E-state index contributed by atoms with van der Waals surface area (Å²) in [5.41, 5.74) is 7.95. The number of nitrogens with zero attached hydrogens (tertiary/aromatic N) is 3. The highest BCUT2D eigenvalue weighted by atomic mass is 32.1. The van der Waals surface area contributed by atoms with E-state index in [0.717, 1.165) is 22.0 Å². The first kappa shape index (κ1) is 17.8. The Kier molecular flexibility index (Phi) is 5.00. The molecule has 0 unspecified atom stereocenters. The molecule has 0 spiro atoms. The Hall–Kier alpha value is -2.58. The molecule has 27 heavy (non-hydrogen) atoms. The fourth-order valence-corrected chi connectivity index (χ4v) is 4.51. The molecular formula is C19H22N6OS. The predicted octanol–water partition coefficient (Wildman–Crippen LogP) is 3.61. The Balaban J connectivity index is 1.46. The normalized spacial score (nSPS) is 14.6. The van der Waals surface area contributed by atoms with Crippen LogP contribution in [-0.4, -0.2) is 26.1 Å². The third-order valence-corrected chi connectivity index (χ3v) is 6.17. The van der Waals surface area contributed by atoms with Crippen LogP contribution in [0.15, 0.2) is 24.3 Å². The number of carbonyl (C=O) groups excluding carboxylic acids is 1. The summed E-state index contributed by atoms with van der Waals surface area (Å²) in [7, 11) is 0. The van der Waals surface area contributed by atoms with Crippen molar-refractivity contribution >= 4 is 22.9 Å². The molecular weight excluding hydrogens is 360 g/mol. The number of aromatic nitrogens is 4. The second kappa shape index (κ2) is 7.58. The zero-order valence-electron chi connectivity index (χ0n) is 15.2. The molecule has 7 nitrogen and oxygen atoms in total. The highest BCUT2D eigenvalue weighted by Gasteiger charge is 2.23. The van der Waals surface area contributed by atoms with Gasteiger partial charge in [0.15, 0.2) is 5.82 Å². The van der Waals surface area contributed by atoms with E-state index in [0.29, 0.717) is 29.0 Å². The van der Waals surface area contributed by atoms with Crippen LogP contribution in [0, 0.1) is 6.92 Å². The van der Waals surface area contributed by atoms with E-state index < -0.39 is 0 Å². The van der Waals surface area contributed by atoms with Crippen molar-refractivity contribution in [1.82, 2.24) is 20.2 Å². The van der Waals surface area contributed by atoms with E-state index in [4.69, 9.17) is 5.73 Å². The summed E-state index contributed by atoms with van der Waals surface area (Å²) < 4.78 is 0. The van der Waals surface area contributed by atoms with Gasteiger partial charge < -0.3 is 11.1 Å². The molecule has 1 saturated carbocycles. The SMILES string of the molecule is Cc1nc(C2CCCC2)sc1C(=O)Nc1ccc(-c2n[nH]c(CN)n2)cc1. The lowest BCUT2D eigenvalue weighted by Crippen LogP contribution is -2.11. The van der Waals surface area contributed by atoms with Gasteiger partial charge in [0.2, 0.25) is 0 Å². The van der Waals surface area contributed by atoms with Crippen molar-refractivity contribution in [3.05, 3.63) is 45.7 Å². The topological polar surface area (TPSA) is 110 Å². The van der Waals surface area contributed by atoms with E-state index in [2.05, 4.69) is 25.5 Å². The summed E-state index contributed by atoms with van der Waals surface area (Å²) in [6.45, 7) is 2.23. The van der Waals surface area contributed by atoms with Gasteiger partial charge in [-0.25, -0.2) is 9.97 Å². The number of anilines is 1. The van der Waals surface area contributed by atoms with Crippen molar-refractivity contribution in [2.24, 2.45) is 5.73 Å². The molecule has 8 heteroatoms. The van der Waals surface area contributed by atoms with Crippen LogP contribution in [0.4, 0.5) is 5.69 Å². The summed E-state index contributed by atoms with van der Waals surface area (Å²) in [5, 5.41) is 11.0. The second-order valence-corrected chi connectivity index (χ2v) is 7.82. The molecule has 1 fully saturated rings. The predicted molar refractivity (Wildman–Crippen MR) is 106 cm³/mol. The van der Waals surface area contributed by atoms with E-state index in [-0.39, 0.29) is 5.91 Å². The molecule has 4 rings (SSSR count). The van der Waals surface area contributed by atoms with Gasteiger partial charge in [-0.2, -0.15) is 5.10 Å². The van der Waals surface area contributed by atoms with Gasteiger partial charge >= 0.3 is 0 Å². The molecule has 1 aromatic carbocycles. The van der Waals surface area contributed by atoms with Crippen molar-refractivity contribution in [1.29, 1.82) is 0 Å². The van der Waals surface area contributed by atoms with Crippen LogP contribution < -0.4 is 11.1 Å². The quantitative estimate of drug-likeness (QED) is 0.624. The lowest BCUT2D eigenvalue weighted by atomic mass is 10.1. The summed E-state index contributed by atoms with van der Waals surface area (Å²) in [4.78, 5) is 22.3. The summed E-state index contributed by atoms with van der Waals surface area (Å²) in [6.07, 6.45) is 4.88. The lowest BCUT2D eigenvalue weighted by molar-refractivity contribution is 0.103. The first-order chi connectivity index (χ1) is 13.1. The molecule has 1 aliphatic rings. The fourth-order valence-electron chi connectivity index (χ4n) is 3.38. The maximum atomic E-state index is 12.7. The minimum atomic E-state index is -0.106. The molecule has 0 bridgehead atoms. The van der Waals surface area contributed by atoms with Crippen LogP contribution >= 0.6 is 11.3 Å².